The summed E-state index contributed by atoms with van der Waals surface area (Å²) in [5.41, 5.74) is -0.386. The Morgan fingerprint density at radius 3 is 2.36 bits per heavy atom. The van der Waals surface area contributed by atoms with Gasteiger partial charge in [-0.2, -0.15) is 0 Å². The van der Waals surface area contributed by atoms with Gasteiger partial charge in [0.25, 0.3) is 0 Å². The lowest BCUT2D eigenvalue weighted by Crippen LogP contribution is -2.56. The average Bonchev–Trinajstić information content (AvgIpc) is 2.42. The zero-order chi connectivity index (χ0) is 16.8. The highest BCUT2D eigenvalue weighted by atomic mass is 16.6. The predicted octanol–water partition coefficient (Wildman–Crippen LogP) is 1.60. The van der Waals surface area contributed by atoms with E-state index < -0.39 is 5.60 Å². The van der Waals surface area contributed by atoms with Crippen molar-refractivity contribution in [1.29, 1.82) is 0 Å². The Hall–Kier alpha value is -0.850. The first-order valence-corrected chi connectivity index (χ1v) is 8.13. The summed E-state index contributed by atoms with van der Waals surface area (Å²) in [6.45, 7) is 17.1. The molecule has 1 aliphatic heterocycles. The number of nitrogens with one attached hydrogen (secondary N) is 2. The Morgan fingerprint density at radius 2 is 1.82 bits per heavy atom. The van der Waals surface area contributed by atoms with Crippen molar-refractivity contribution in [3.8, 4) is 0 Å². The van der Waals surface area contributed by atoms with E-state index in [0.717, 1.165) is 32.8 Å². The molecular weight excluding hydrogens is 282 g/mol. The number of nitrogens with zero attached hydrogens (tertiary/aromatic N) is 1. The van der Waals surface area contributed by atoms with E-state index in [-0.39, 0.29) is 17.7 Å². The maximum Gasteiger partial charge on any atom is 0.407 e. The summed E-state index contributed by atoms with van der Waals surface area (Å²) >= 11 is 0. The van der Waals surface area contributed by atoms with E-state index >= 15 is 0 Å². The van der Waals surface area contributed by atoms with Crippen LogP contribution in [0.2, 0.25) is 0 Å². The molecule has 1 heterocycles. The summed E-state index contributed by atoms with van der Waals surface area (Å²) in [7, 11) is 0. The number of ether oxygens (including phenoxy) is 2. The van der Waals surface area contributed by atoms with Crippen LogP contribution in [0, 0.1) is 0 Å². The van der Waals surface area contributed by atoms with Crippen molar-refractivity contribution in [1.82, 2.24) is 15.5 Å². The monoisotopic (exact) mass is 315 g/mol. The fraction of sp³-hybridized carbons (Fsp3) is 0.938. The Labute approximate surface area is 134 Å². The summed E-state index contributed by atoms with van der Waals surface area (Å²) in [4.78, 5) is 14.1. The molecule has 1 atom stereocenters. The number of carbonyl (C=O) groups excluding carboxylic acids is 1. The van der Waals surface area contributed by atoms with Gasteiger partial charge in [-0.1, -0.05) is 0 Å². The van der Waals surface area contributed by atoms with Crippen molar-refractivity contribution in [2.24, 2.45) is 0 Å². The van der Waals surface area contributed by atoms with E-state index in [9.17, 15) is 4.79 Å². The van der Waals surface area contributed by atoms with Gasteiger partial charge in [0.05, 0.1) is 13.2 Å². The largest absolute Gasteiger partial charge is 0.444 e. The quantitative estimate of drug-likeness (QED) is 0.779. The zero-order valence-electron chi connectivity index (χ0n) is 15.0. The average molecular weight is 315 g/mol. The second-order valence-electron chi connectivity index (χ2n) is 7.58. The molecule has 6 nitrogen and oxygen atoms in total. The van der Waals surface area contributed by atoms with Crippen molar-refractivity contribution in [2.45, 2.75) is 58.7 Å². The molecule has 1 unspecified atom stereocenters. The van der Waals surface area contributed by atoms with Gasteiger partial charge in [-0.15, -0.1) is 0 Å². The molecule has 0 radical (unpaired) electrons. The number of hydrogen-bond donors (Lipinski definition) is 2. The molecule has 1 rings (SSSR count). The van der Waals surface area contributed by atoms with Crippen molar-refractivity contribution in [2.75, 3.05) is 39.4 Å². The summed E-state index contributed by atoms with van der Waals surface area (Å²) in [6, 6.07) is 0.188. The van der Waals surface area contributed by atoms with Crippen LogP contribution in [0.1, 0.15) is 41.5 Å². The number of amides is 1. The third-order valence-electron chi connectivity index (χ3n) is 3.70. The van der Waals surface area contributed by atoms with Gasteiger partial charge in [0.2, 0.25) is 0 Å². The summed E-state index contributed by atoms with van der Waals surface area (Å²) in [5, 5.41) is 6.28. The van der Waals surface area contributed by atoms with Crippen LogP contribution in [-0.2, 0) is 9.47 Å². The van der Waals surface area contributed by atoms with Crippen LogP contribution in [-0.4, -0.2) is 67.6 Å². The molecule has 1 amide bonds. The van der Waals surface area contributed by atoms with Crippen LogP contribution in [0.4, 0.5) is 4.79 Å². The normalized spacial score (nSPS) is 18.8. The second kappa shape index (κ2) is 8.13. The Bertz CT molecular complexity index is 347. The highest BCUT2D eigenvalue weighted by Crippen LogP contribution is 2.15. The van der Waals surface area contributed by atoms with Gasteiger partial charge in [0, 0.05) is 37.8 Å². The molecular formula is C16H33N3O3. The van der Waals surface area contributed by atoms with Gasteiger partial charge < -0.3 is 20.1 Å². The Kier molecular flexibility index (Phi) is 7.09. The van der Waals surface area contributed by atoms with E-state index in [4.69, 9.17) is 9.47 Å². The van der Waals surface area contributed by atoms with E-state index in [2.05, 4.69) is 36.3 Å². The molecule has 0 spiro atoms. The van der Waals surface area contributed by atoms with Gasteiger partial charge in [0.15, 0.2) is 0 Å². The number of alkyl carbamates (subject to hydrolysis) is 1. The minimum Gasteiger partial charge on any atom is -0.444 e. The minimum absolute atomic E-state index is 0.0734. The molecule has 1 fully saturated rings. The maximum atomic E-state index is 11.6. The smallest absolute Gasteiger partial charge is 0.407 e. The van der Waals surface area contributed by atoms with Gasteiger partial charge >= 0.3 is 6.09 Å². The third kappa shape index (κ3) is 7.42. The molecule has 0 bridgehead atoms. The topological polar surface area (TPSA) is 62.8 Å². The molecule has 130 valence electrons. The van der Waals surface area contributed by atoms with Gasteiger partial charge in [-0.25, -0.2) is 4.79 Å². The lowest BCUT2D eigenvalue weighted by molar-refractivity contribution is -0.0102. The fourth-order valence-corrected chi connectivity index (χ4v) is 2.33. The third-order valence-corrected chi connectivity index (χ3v) is 3.70. The first kappa shape index (κ1) is 19.2. The number of hydrogen-bond acceptors (Lipinski definition) is 5. The molecule has 0 saturated carbocycles. The first-order chi connectivity index (χ1) is 10.1. The van der Waals surface area contributed by atoms with Crippen LogP contribution in [0.25, 0.3) is 0 Å². The van der Waals surface area contributed by atoms with Crippen molar-refractivity contribution < 1.29 is 14.3 Å². The van der Waals surface area contributed by atoms with Crippen LogP contribution in [0.3, 0.4) is 0 Å². The van der Waals surface area contributed by atoms with Gasteiger partial charge in [-0.05, 0) is 41.5 Å². The molecule has 6 heteroatoms. The predicted molar refractivity (Wildman–Crippen MR) is 88.2 cm³/mol. The van der Waals surface area contributed by atoms with Gasteiger partial charge in [-0.3, -0.25) is 4.90 Å². The molecule has 0 aromatic heterocycles. The Morgan fingerprint density at radius 1 is 1.23 bits per heavy atom. The SMILES string of the molecule is CC(CNC(=O)OC(C)(C)C)NCC(C)(C)N1CCOCC1. The zero-order valence-corrected chi connectivity index (χ0v) is 15.0. The van der Waals surface area contributed by atoms with E-state index in [1.807, 2.05) is 20.8 Å². The lowest BCUT2D eigenvalue weighted by Gasteiger charge is -2.41. The van der Waals surface area contributed by atoms with E-state index in [1.165, 1.54) is 0 Å². The molecule has 0 aromatic rings. The van der Waals surface area contributed by atoms with Crippen LogP contribution >= 0.6 is 0 Å². The lowest BCUT2D eigenvalue weighted by atomic mass is 10.0. The van der Waals surface area contributed by atoms with Crippen molar-refractivity contribution in [3.05, 3.63) is 0 Å². The van der Waals surface area contributed by atoms with Crippen LogP contribution in [0.15, 0.2) is 0 Å². The summed E-state index contributed by atoms with van der Waals surface area (Å²) < 4.78 is 10.6. The molecule has 1 saturated heterocycles. The highest BCUT2D eigenvalue weighted by molar-refractivity contribution is 5.67. The van der Waals surface area contributed by atoms with Crippen LogP contribution < -0.4 is 10.6 Å². The second-order valence-corrected chi connectivity index (χ2v) is 7.58. The first-order valence-electron chi connectivity index (χ1n) is 8.13. The highest BCUT2D eigenvalue weighted by Gasteiger charge is 2.28. The molecule has 0 aromatic carbocycles. The molecule has 2 N–H and O–H groups in total. The number of rotatable bonds is 6. The molecule has 0 aliphatic carbocycles. The summed E-state index contributed by atoms with van der Waals surface area (Å²) in [5.74, 6) is 0. The summed E-state index contributed by atoms with van der Waals surface area (Å²) in [6.07, 6.45) is -0.367. The van der Waals surface area contributed by atoms with E-state index in [0.29, 0.717) is 6.54 Å². The fourth-order valence-electron chi connectivity index (χ4n) is 2.33. The minimum atomic E-state index is -0.459. The maximum absolute atomic E-state index is 11.6. The van der Waals surface area contributed by atoms with Crippen molar-refractivity contribution >= 4 is 6.09 Å². The number of carbonyl (C=O) groups is 1. The van der Waals surface area contributed by atoms with Crippen molar-refractivity contribution in [3.63, 3.8) is 0 Å². The standard InChI is InChI=1S/C16H33N3O3/c1-13(11-17-14(20)22-15(2,3)4)18-12-16(5,6)19-7-9-21-10-8-19/h13,18H,7-12H2,1-6H3,(H,17,20). The molecule has 22 heavy (non-hydrogen) atoms. The Balaban J connectivity index is 2.27. The molecule has 1 aliphatic rings. The number of morpholine rings is 1. The van der Waals surface area contributed by atoms with Crippen LogP contribution in [0.5, 0.6) is 0 Å². The van der Waals surface area contributed by atoms with E-state index in [1.54, 1.807) is 0 Å². The van der Waals surface area contributed by atoms with Gasteiger partial charge in [0.1, 0.15) is 5.60 Å².